The zero-order valence-electron chi connectivity index (χ0n) is 9.86. The van der Waals surface area contributed by atoms with E-state index < -0.39 is 0 Å². The van der Waals surface area contributed by atoms with Crippen LogP contribution < -0.4 is 0 Å². The lowest BCUT2D eigenvalue weighted by atomic mass is 9.85. The summed E-state index contributed by atoms with van der Waals surface area (Å²) >= 11 is 1.78. The summed E-state index contributed by atoms with van der Waals surface area (Å²) in [6.45, 7) is 4.19. The highest BCUT2D eigenvalue weighted by atomic mass is 32.1. The molecule has 0 N–H and O–H groups in total. The van der Waals surface area contributed by atoms with Crippen LogP contribution in [0.1, 0.15) is 43.0 Å². The standard InChI is InChI=1S/C13H18O2S/c1-9(2)15-8-12(14)10-4-3-5-13-11(10)6-7-16-13/h6-7,9-10H,3-5,8H2,1-2H3. The number of aryl methyl sites for hydroxylation is 1. The number of fused-ring (bicyclic) bond motifs is 1. The molecule has 1 aliphatic rings. The van der Waals surface area contributed by atoms with Crippen molar-refractivity contribution < 1.29 is 9.53 Å². The van der Waals surface area contributed by atoms with Crippen molar-refractivity contribution in [2.75, 3.05) is 6.61 Å². The van der Waals surface area contributed by atoms with Crippen molar-refractivity contribution in [1.82, 2.24) is 0 Å². The van der Waals surface area contributed by atoms with Crippen LogP contribution in [-0.4, -0.2) is 18.5 Å². The van der Waals surface area contributed by atoms with E-state index >= 15 is 0 Å². The molecule has 2 rings (SSSR count). The Hall–Kier alpha value is -0.670. The normalized spacial score (nSPS) is 19.8. The first-order valence-corrected chi connectivity index (χ1v) is 6.77. The van der Waals surface area contributed by atoms with Crippen LogP contribution in [0.15, 0.2) is 11.4 Å². The van der Waals surface area contributed by atoms with Crippen LogP contribution in [-0.2, 0) is 16.0 Å². The van der Waals surface area contributed by atoms with Gasteiger partial charge in [0.2, 0.25) is 0 Å². The highest BCUT2D eigenvalue weighted by Crippen LogP contribution is 2.35. The maximum Gasteiger partial charge on any atom is 0.165 e. The summed E-state index contributed by atoms with van der Waals surface area (Å²) in [6, 6.07) is 2.11. The van der Waals surface area contributed by atoms with Crippen molar-refractivity contribution in [2.24, 2.45) is 0 Å². The third-order valence-electron chi connectivity index (χ3n) is 3.00. The second-order valence-electron chi connectivity index (χ2n) is 4.57. The summed E-state index contributed by atoms with van der Waals surface area (Å²) < 4.78 is 5.40. The van der Waals surface area contributed by atoms with Gasteiger partial charge in [0, 0.05) is 10.8 Å². The number of carbonyl (C=O) groups excluding carboxylic acids is 1. The van der Waals surface area contributed by atoms with E-state index in [0.29, 0.717) is 0 Å². The largest absolute Gasteiger partial charge is 0.371 e. The van der Waals surface area contributed by atoms with Gasteiger partial charge in [-0.25, -0.2) is 0 Å². The van der Waals surface area contributed by atoms with Crippen molar-refractivity contribution in [3.8, 4) is 0 Å². The van der Waals surface area contributed by atoms with Gasteiger partial charge in [-0.1, -0.05) is 0 Å². The fourth-order valence-electron chi connectivity index (χ4n) is 2.17. The number of Topliss-reactive ketones (excluding diaryl/α,β-unsaturated/α-hetero) is 1. The molecule has 1 atom stereocenters. The molecule has 88 valence electrons. The first-order valence-electron chi connectivity index (χ1n) is 5.89. The predicted molar refractivity (Wildman–Crippen MR) is 66.1 cm³/mol. The number of ether oxygens (including phenoxy) is 1. The Morgan fingerprint density at radius 1 is 1.62 bits per heavy atom. The number of rotatable bonds is 4. The van der Waals surface area contributed by atoms with E-state index in [9.17, 15) is 4.79 Å². The molecule has 1 unspecified atom stereocenters. The van der Waals surface area contributed by atoms with E-state index in [2.05, 4.69) is 11.4 Å². The lowest BCUT2D eigenvalue weighted by Crippen LogP contribution is -2.23. The monoisotopic (exact) mass is 238 g/mol. The molecule has 1 aromatic heterocycles. The third-order valence-corrected chi connectivity index (χ3v) is 4.00. The van der Waals surface area contributed by atoms with Crippen LogP contribution in [0.4, 0.5) is 0 Å². The van der Waals surface area contributed by atoms with E-state index in [0.717, 1.165) is 19.3 Å². The summed E-state index contributed by atoms with van der Waals surface area (Å²) in [5, 5.41) is 2.10. The van der Waals surface area contributed by atoms with Gasteiger partial charge in [-0.05, 0) is 50.1 Å². The molecule has 0 spiro atoms. The molecule has 0 amide bonds. The third kappa shape index (κ3) is 2.53. The number of ketones is 1. The van der Waals surface area contributed by atoms with E-state index in [4.69, 9.17) is 4.74 Å². The van der Waals surface area contributed by atoms with E-state index in [1.807, 2.05) is 13.8 Å². The average Bonchev–Trinajstić information content (AvgIpc) is 2.73. The molecule has 1 heterocycles. The zero-order valence-corrected chi connectivity index (χ0v) is 10.7. The topological polar surface area (TPSA) is 26.3 Å². The average molecular weight is 238 g/mol. The lowest BCUT2D eigenvalue weighted by molar-refractivity contribution is -0.126. The summed E-state index contributed by atoms with van der Waals surface area (Å²) in [4.78, 5) is 13.4. The Labute approximate surface area is 101 Å². The molecule has 1 aliphatic carbocycles. The van der Waals surface area contributed by atoms with Crippen LogP contribution in [0.2, 0.25) is 0 Å². The van der Waals surface area contributed by atoms with Gasteiger partial charge in [0.1, 0.15) is 6.61 Å². The van der Waals surface area contributed by atoms with E-state index in [-0.39, 0.29) is 24.4 Å². The number of hydrogen-bond donors (Lipinski definition) is 0. The summed E-state index contributed by atoms with van der Waals surface area (Å²) in [7, 11) is 0. The molecule has 0 bridgehead atoms. The minimum atomic E-state index is 0.0914. The van der Waals surface area contributed by atoms with Gasteiger partial charge < -0.3 is 4.74 Å². The minimum absolute atomic E-state index is 0.0914. The number of carbonyl (C=O) groups is 1. The Bertz CT molecular complexity index is 368. The highest BCUT2D eigenvalue weighted by molar-refractivity contribution is 7.10. The van der Waals surface area contributed by atoms with Crippen molar-refractivity contribution >= 4 is 17.1 Å². The van der Waals surface area contributed by atoms with Crippen molar-refractivity contribution in [2.45, 2.75) is 45.1 Å². The van der Waals surface area contributed by atoms with Crippen LogP contribution in [0.5, 0.6) is 0 Å². The molecule has 0 radical (unpaired) electrons. The molecule has 0 aliphatic heterocycles. The van der Waals surface area contributed by atoms with Gasteiger partial charge in [0.15, 0.2) is 5.78 Å². The maximum atomic E-state index is 12.0. The van der Waals surface area contributed by atoms with E-state index in [1.54, 1.807) is 11.3 Å². The SMILES string of the molecule is CC(C)OCC(=O)C1CCCc2sccc21. The smallest absolute Gasteiger partial charge is 0.165 e. The minimum Gasteiger partial charge on any atom is -0.371 e. The highest BCUT2D eigenvalue weighted by Gasteiger charge is 2.27. The summed E-state index contributed by atoms with van der Waals surface area (Å²) in [6.07, 6.45) is 3.40. The molecule has 0 saturated carbocycles. The molecular formula is C13H18O2S. The molecule has 3 heteroatoms. The molecule has 16 heavy (non-hydrogen) atoms. The van der Waals surface area contributed by atoms with Crippen LogP contribution in [0, 0.1) is 0 Å². The molecule has 2 nitrogen and oxygen atoms in total. The zero-order chi connectivity index (χ0) is 11.5. The van der Waals surface area contributed by atoms with Crippen LogP contribution in [0.25, 0.3) is 0 Å². The first-order chi connectivity index (χ1) is 7.68. The lowest BCUT2D eigenvalue weighted by Gasteiger charge is -2.21. The molecule has 0 saturated heterocycles. The predicted octanol–water partition coefficient (Wildman–Crippen LogP) is 3.16. The van der Waals surface area contributed by atoms with Crippen LogP contribution in [0.3, 0.4) is 0 Å². The Morgan fingerprint density at radius 3 is 3.19 bits per heavy atom. The first kappa shape index (κ1) is 11.8. The summed E-state index contributed by atoms with van der Waals surface area (Å²) in [5.74, 6) is 0.335. The van der Waals surface area contributed by atoms with Gasteiger partial charge in [0.05, 0.1) is 6.10 Å². The maximum absolute atomic E-state index is 12.0. The quantitative estimate of drug-likeness (QED) is 0.805. The Balaban J connectivity index is 2.03. The molecule has 0 fully saturated rings. The molecule has 0 aromatic carbocycles. The van der Waals surface area contributed by atoms with Gasteiger partial charge in [0.25, 0.3) is 0 Å². The van der Waals surface area contributed by atoms with Crippen molar-refractivity contribution in [1.29, 1.82) is 0 Å². The van der Waals surface area contributed by atoms with Crippen LogP contribution >= 0.6 is 11.3 Å². The molecule has 1 aromatic rings. The van der Waals surface area contributed by atoms with Gasteiger partial charge >= 0.3 is 0 Å². The van der Waals surface area contributed by atoms with Crippen molar-refractivity contribution in [3.05, 3.63) is 21.9 Å². The van der Waals surface area contributed by atoms with Gasteiger partial charge in [-0.15, -0.1) is 11.3 Å². The fourth-order valence-corrected chi connectivity index (χ4v) is 3.16. The van der Waals surface area contributed by atoms with E-state index in [1.165, 1.54) is 10.4 Å². The Morgan fingerprint density at radius 2 is 2.44 bits per heavy atom. The second-order valence-corrected chi connectivity index (χ2v) is 5.57. The molecular weight excluding hydrogens is 220 g/mol. The van der Waals surface area contributed by atoms with Gasteiger partial charge in [-0.3, -0.25) is 4.79 Å². The number of hydrogen-bond acceptors (Lipinski definition) is 3. The van der Waals surface area contributed by atoms with Gasteiger partial charge in [-0.2, -0.15) is 0 Å². The number of thiophene rings is 1. The summed E-state index contributed by atoms with van der Waals surface area (Å²) in [5.41, 5.74) is 1.26. The second kappa shape index (κ2) is 5.11. The fraction of sp³-hybridized carbons (Fsp3) is 0.615. The van der Waals surface area contributed by atoms with Crippen molar-refractivity contribution in [3.63, 3.8) is 0 Å². The Kier molecular flexibility index (Phi) is 3.77.